The molecule has 0 radical (unpaired) electrons. The maximum atomic E-state index is 12.2. The molecule has 2 aromatic carbocycles. The van der Waals surface area contributed by atoms with Gasteiger partial charge in [-0.25, -0.2) is 0 Å². The first-order chi connectivity index (χ1) is 13.6. The molecule has 0 saturated heterocycles. The number of amides is 1. The Morgan fingerprint density at radius 1 is 1.04 bits per heavy atom. The summed E-state index contributed by atoms with van der Waals surface area (Å²) in [6.07, 6.45) is 7.93. The van der Waals surface area contributed by atoms with Gasteiger partial charge in [0.1, 0.15) is 5.75 Å². The van der Waals surface area contributed by atoms with E-state index >= 15 is 0 Å². The summed E-state index contributed by atoms with van der Waals surface area (Å²) >= 11 is 8.58. The average Bonchev–Trinajstić information content (AvgIpc) is 2.70. The SMILES string of the molecule is O=C(NC(=S)Nc1ccc(OCCC2CCCCC2)cc1)c1ccc(Br)cc1. The molecular weight excluding hydrogens is 436 g/mol. The topological polar surface area (TPSA) is 50.4 Å². The first kappa shape index (κ1) is 20.8. The van der Waals surface area contributed by atoms with Crippen LogP contribution in [0.4, 0.5) is 5.69 Å². The van der Waals surface area contributed by atoms with Gasteiger partial charge < -0.3 is 10.1 Å². The third-order valence-corrected chi connectivity index (χ3v) is 5.70. The van der Waals surface area contributed by atoms with E-state index < -0.39 is 0 Å². The standard InChI is InChI=1S/C22H25BrN2O2S/c23-18-8-6-17(7-9-18)21(26)25-22(28)24-19-10-12-20(13-11-19)27-15-14-16-4-2-1-3-5-16/h6-13,16H,1-5,14-15H2,(H2,24,25,26,28). The van der Waals surface area contributed by atoms with Crippen molar-refractivity contribution in [2.24, 2.45) is 5.92 Å². The Hall–Kier alpha value is -1.92. The quantitative estimate of drug-likeness (QED) is 0.524. The number of thiocarbonyl (C=S) groups is 1. The first-order valence-corrected chi connectivity index (χ1v) is 10.9. The second-order valence-electron chi connectivity index (χ2n) is 7.08. The summed E-state index contributed by atoms with van der Waals surface area (Å²) in [5.41, 5.74) is 1.36. The predicted octanol–water partition coefficient (Wildman–Crippen LogP) is 5.93. The zero-order valence-electron chi connectivity index (χ0n) is 15.7. The van der Waals surface area contributed by atoms with E-state index in [1.165, 1.54) is 32.1 Å². The minimum atomic E-state index is -0.243. The normalized spacial score (nSPS) is 14.3. The smallest absolute Gasteiger partial charge is 0.257 e. The predicted molar refractivity (Wildman–Crippen MR) is 121 cm³/mol. The van der Waals surface area contributed by atoms with Crippen LogP contribution >= 0.6 is 28.1 Å². The summed E-state index contributed by atoms with van der Waals surface area (Å²) < 4.78 is 6.79. The van der Waals surface area contributed by atoms with Crippen molar-refractivity contribution in [1.82, 2.24) is 5.32 Å². The number of carbonyl (C=O) groups excluding carboxylic acids is 1. The molecule has 148 valence electrons. The molecule has 2 N–H and O–H groups in total. The molecule has 1 saturated carbocycles. The van der Waals surface area contributed by atoms with Crippen LogP contribution in [-0.4, -0.2) is 17.6 Å². The van der Waals surface area contributed by atoms with Crippen molar-refractivity contribution in [3.05, 3.63) is 58.6 Å². The molecule has 0 spiro atoms. The fraction of sp³-hybridized carbons (Fsp3) is 0.364. The Labute approximate surface area is 180 Å². The Bertz CT molecular complexity index is 787. The summed E-state index contributed by atoms with van der Waals surface area (Å²) in [7, 11) is 0. The molecule has 28 heavy (non-hydrogen) atoms. The molecule has 6 heteroatoms. The maximum absolute atomic E-state index is 12.2. The van der Waals surface area contributed by atoms with E-state index in [-0.39, 0.29) is 11.0 Å². The van der Waals surface area contributed by atoms with Gasteiger partial charge in [-0.2, -0.15) is 0 Å². The summed E-state index contributed by atoms with van der Waals surface area (Å²) in [6, 6.07) is 14.7. The van der Waals surface area contributed by atoms with Gasteiger partial charge in [-0.15, -0.1) is 0 Å². The number of rotatable bonds is 6. The lowest BCUT2D eigenvalue weighted by Crippen LogP contribution is -2.34. The molecule has 0 aliphatic heterocycles. The molecule has 0 atom stereocenters. The highest BCUT2D eigenvalue weighted by Gasteiger charge is 2.13. The second kappa shape index (κ2) is 10.6. The van der Waals surface area contributed by atoms with Gasteiger partial charge in [0, 0.05) is 15.7 Å². The van der Waals surface area contributed by atoms with Crippen LogP contribution in [0.1, 0.15) is 48.9 Å². The fourth-order valence-electron chi connectivity index (χ4n) is 3.39. The molecule has 0 unspecified atom stereocenters. The third kappa shape index (κ3) is 6.60. The number of ether oxygens (including phenoxy) is 1. The molecule has 1 aliphatic rings. The zero-order chi connectivity index (χ0) is 19.8. The summed E-state index contributed by atoms with van der Waals surface area (Å²) in [5, 5.41) is 5.97. The lowest BCUT2D eigenvalue weighted by Gasteiger charge is -2.21. The van der Waals surface area contributed by atoms with Gasteiger partial charge in [-0.1, -0.05) is 48.0 Å². The molecular formula is C22H25BrN2O2S. The maximum Gasteiger partial charge on any atom is 0.257 e. The summed E-state index contributed by atoms with van der Waals surface area (Å²) in [5.74, 6) is 1.43. The molecule has 0 heterocycles. The molecule has 0 bridgehead atoms. The Kier molecular flexibility index (Phi) is 7.86. The highest BCUT2D eigenvalue weighted by atomic mass is 79.9. The van der Waals surface area contributed by atoms with Crippen LogP contribution in [0.3, 0.4) is 0 Å². The third-order valence-electron chi connectivity index (χ3n) is 4.97. The van der Waals surface area contributed by atoms with Crippen LogP contribution in [0.15, 0.2) is 53.0 Å². The lowest BCUT2D eigenvalue weighted by molar-refractivity contribution is 0.0977. The Balaban J connectivity index is 1.42. The van der Waals surface area contributed by atoms with E-state index in [9.17, 15) is 4.79 Å². The second-order valence-corrected chi connectivity index (χ2v) is 8.40. The number of halogens is 1. The van der Waals surface area contributed by atoms with Crippen LogP contribution < -0.4 is 15.4 Å². The van der Waals surface area contributed by atoms with Gasteiger partial charge in [-0.05, 0) is 73.1 Å². The monoisotopic (exact) mass is 460 g/mol. The summed E-state index contributed by atoms with van der Waals surface area (Å²) in [6.45, 7) is 0.763. The molecule has 4 nitrogen and oxygen atoms in total. The van der Waals surface area contributed by atoms with Crippen molar-refractivity contribution < 1.29 is 9.53 Å². The van der Waals surface area contributed by atoms with Gasteiger partial charge in [0.05, 0.1) is 6.61 Å². The van der Waals surface area contributed by atoms with Crippen molar-refractivity contribution in [3.8, 4) is 5.75 Å². The highest BCUT2D eigenvalue weighted by molar-refractivity contribution is 9.10. The van der Waals surface area contributed by atoms with Crippen LogP contribution in [0.25, 0.3) is 0 Å². The van der Waals surface area contributed by atoms with Gasteiger partial charge >= 0.3 is 0 Å². The molecule has 1 amide bonds. The Morgan fingerprint density at radius 2 is 1.71 bits per heavy atom. The van der Waals surface area contributed by atoms with E-state index in [0.717, 1.165) is 34.9 Å². The van der Waals surface area contributed by atoms with Crippen molar-refractivity contribution in [2.45, 2.75) is 38.5 Å². The van der Waals surface area contributed by atoms with E-state index in [1.807, 2.05) is 36.4 Å². The van der Waals surface area contributed by atoms with Crippen LogP contribution in [0.5, 0.6) is 5.75 Å². The molecule has 1 fully saturated rings. The van der Waals surface area contributed by atoms with Crippen LogP contribution in [0, 0.1) is 5.92 Å². The number of anilines is 1. The van der Waals surface area contributed by atoms with Gasteiger partial charge in [0.2, 0.25) is 0 Å². The summed E-state index contributed by atoms with van der Waals surface area (Å²) in [4.78, 5) is 12.2. The number of hydrogen-bond acceptors (Lipinski definition) is 3. The van der Waals surface area contributed by atoms with Crippen molar-refractivity contribution >= 4 is 44.9 Å². The first-order valence-electron chi connectivity index (χ1n) is 9.71. The number of benzene rings is 2. The zero-order valence-corrected chi connectivity index (χ0v) is 18.2. The van der Waals surface area contributed by atoms with Gasteiger partial charge in [0.15, 0.2) is 5.11 Å². The lowest BCUT2D eigenvalue weighted by atomic mass is 9.87. The minimum absolute atomic E-state index is 0.243. The largest absolute Gasteiger partial charge is 0.494 e. The molecule has 1 aliphatic carbocycles. The molecule has 2 aromatic rings. The van der Waals surface area contributed by atoms with E-state index in [1.54, 1.807) is 12.1 Å². The average molecular weight is 461 g/mol. The van der Waals surface area contributed by atoms with E-state index in [2.05, 4.69) is 26.6 Å². The Morgan fingerprint density at radius 3 is 2.39 bits per heavy atom. The van der Waals surface area contributed by atoms with E-state index in [4.69, 9.17) is 17.0 Å². The van der Waals surface area contributed by atoms with Crippen molar-refractivity contribution in [3.63, 3.8) is 0 Å². The minimum Gasteiger partial charge on any atom is -0.494 e. The van der Waals surface area contributed by atoms with E-state index in [0.29, 0.717) is 5.56 Å². The number of hydrogen-bond donors (Lipinski definition) is 2. The van der Waals surface area contributed by atoms with Crippen molar-refractivity contribution in [2.75, 3.05) is 11.9 Å². The van der Waals surface area contributed by atoms with Gasteiger partial charge in [-0.3, -0.25) is 10.1 Å². The van der Waals surface area contributed by atoms with Gasteiger partial charge in [0.25, 0.3) is 5.91 Å². The number of nitrogens with one attached hydrogen (secondary N) is 2. The highest BCUT2D eigenvalue weighted by Crippen LogP contribution is 2.26. The molecule has 0 aromatic heterocycles. The van der Waals surface area contributed by atoms with Crippen LogP contribution in [-0.2, 0) is 0 Å². The van der Waals surface area contributed by atoms with Crippen LogP contribution in [0.2, 0.25) is 0 Å². The fourth-order valence-corrected chi connectivity index (χ4v) is 3.87. The van der Waals surface area contributed by atoms with Crippen molar-refractivity contribution in [1.29, 1.82) is 0 Å². The molecule has 3 rings (SSSR count). The number of carbonyl (C=O) groups is 1.